The molecule has 7 nitrogen and oxygen atoms in total. The van der Waals surface area contributed by atoms with Gasteiger partial charge in [0.1, 0.15) is 11.6 Å². The van der Waals surface area contributed by atoms with E-state index in [4.69, 9.17) is 16.1 Å². The van der Waals surface area contributed by atoms with Gasteiger partial charge in [-0.05, 0) is 17.5 Å². The summed E-state index contributed by atoms with van der Waals surface area (Å²) in [6.07, 6.45) is 1.64. The SMILES string of the molecule is N#C/C(=C/NCc1cccc(CN)c1)C(=O)NCCCC(=O)O. The van der Waals surface area contributed by atoms with E-state index in [0.717, 1.165) is 11.1 Å². The minimum atomic E-state index is -0.920. The normalized spacial score (nSPS) is 10.7. The van der Waals surface area contributed by atoms with Crippen molar-refractivity contribution < 1.29 is 14.7 Å². The van der Waals surface area contributed by atoms with Crippen molar-refractivity contribution in [3.05, 3.63) is 47.2 Å². The molecule has 0 aromatic heterocycles. The van der Waals surface area contributed by atoms with Crippen LogP contribution in [-0.4, -0.2) is 23.5 Å². The Bertz CT molecular complexity index is 620. The summed E-state index contributed by atoms with van der Waals surface area (Å²) in [5, 5.41) is 22.9. The summed E-state index contributed by atoms with van der Waals surface area (Å²) in [5.74, 6) is -1.45. The van der Waals surface area contributed by atoms with E-state index in [-0.39, 0.29) is 18.5 Å². The third kappa shape index (κ3) is 7.11. The lowest BCUT2D eigenvalue weighted by Crippen LogP contribution is -2.27. The molecule has 1 aromatic rings. The molecule has 0 atom stereocenters. The van der Waals surface area contributed by atoms with Crippen molar-refractivity contribution in [2.45, 2.75) is 25.9 Å². The molecule has 0 bridgehead atoms. The number of nitriles is 1. The summed E-state index contributed by atoms with van der Waals surface area (Å²) in [4.78, 5) is 22.1. The van der Waals surface area contributed by atoms with Crippen LogP contribution in [-0.2, 0) is 22.7 Å². The van der Waals surface area contributed by atoms with Crippen molar-refractivity contribution in [3.63, 3.8) is 0 Å². The van der Waals surface area contributed by atoms with E-state index in [2.05, 4.69) is 10.6 Å². The number of hydrogen-bond acceptors (Lipinski definition) is 5. The van der Waals surface area contributed by atoms with Crippen molar-refractivity contribution >= 4 is 11.9 Å². The number of aliphatic carboxylic acids is 1. The molecule has 0 unspecified atom stereocenters. The lowest BCUT2D eigenvalue weighted by molar-refractivity contribution is -0.137. The summed E-state index contributed by atoms with van der Waals surface area (Å²) in [7, 11) is 0. The Morgan fingerprint density at radius 3 is 2.74 bits per heavy atom. The van der Waals surface area contributed by atoms with Crippen LogP contribution in [0.25, 0.3) is 0 Å². The molecular weight excluding hydrogens is 296 g/mol. The molecular formula is C16H20N4O3. The summed E-state index contributed by atoms with van der Waals surface area (Å²) >= 11 is 0. The first-order chi connectivity index (χ1) is 11.1. The zero-order valence-electron chi connectivity index (χ0n) is 12.7. The monoisotopic (exact) mass is 316 g/mol. The van der Waals surface area contributed by atoms with Gasteiger partial charge in [-0.25, -0.2) is 0 Å². The second-order valence-corrected chi connectivity index (χ2v) is 4.83. The number of carbonyl (C=O) groups is 2. The molecule has 1 rings (SSSR count). The van der Waals surface area contributed by atoms with Crippen LogP contribution in [0.3, 0.4) is 0 Å². The van der Waals surface area contributed by atoms with Crippen LogP contribution in [0, 0.1) is 11.3 Å². The van der Waals surface area contributed by atoms with Crippen molar-refractivity contribution in [2.24, 2.45) is 5.73 Å². The van der Waals surface area contributed by atoms with Crippen LogP contribution in [0.5, 0.6) is 0 Å². The smallest absolute Gasteiger partial charge is 0.303 e. The van der Waals surface area contributed by atoms with Gasteiger partial charge in [-0.2, -0.15) is 5.26 Å². The predicted octanol–water partition coefficient (Wildman–Crippen LogP) is 0.623. The maximum Gasteiger partial charge on any atom is 0.303 e. The van der Waals surface area contributed by atoms with Crippen LogP contribution < -0.4 is 16.4 Å². The Hall–Kier alpha value is -2.85. The van der Waals surface area contributed by atoms with Crippen molar-refractivity contribution in [1.29, 1.82) is 5.26 Å². The van der Waals surface area contributed by atoms with Gasteiger partial charge in [-0.1, -0.05) is 24.3 Å². The second-order valence-electron chi connectivity index (χ2n) is 4.83. The molecule has 0 aliphatic carbocycles. The van der Waals surface area contributed by atoms with Crippen LogP contribution in [0.15, 0.2) is 36.0 Å². The van der Waals surface area contributed by atoms with Crippen LogP contribution >= 0.6 is 0 Å². The molecule has 7 heteroatoms. The third-order valence-corrected chi connectivity index (χ3v) is 3.00. The highest BCUT2D eigenvalue weighted by molar-refractivity contribution is 5.97. The molecule has 1 amide bonds. The molecule has 23 heavy (non-hydrogen) atoms. The Morgan fingerprint density at radius 1 is 1.35 bits per heavy atom. The van der Waals surface area contributed by atoms with Crippen LogP contribution in [0.1, 0.15) is 24.0 Å². The maximum absolute atomic E-state index is 11.8. The number of benzene rings is 1. The molecule has 1 aromatic carbocycles. The van der Waals surface area contributed by atoms with Gasteiger partial charge in [0.05, 0.1) is 0 Å². The van der Waals surface area contributed by atoms with E-state index in [1.54, 1.807) is 0 Å². The number of nitrogens with two attached hydrogens (primary N) is 1. The van der Waals surface area contributed by atoms with Crippen molar-refractivity contribution in [1.82, 2.24) is 10.6 Å². The lowest BCUT2D eigenvalue weighted by atomic mass is 10.1. The third-order valence-electron chi connectivity index (χ3n) is 3.00. The number of carbonyl (C=O) groups excluding carboxylic acids is 1. The van der Waals surface area contributed by atoms with Gasteiger partial charge in [0.15, 0.2) is 0 Å². The standard InChI is InChI=1S/C16H20N4O3/c17-8-12-3-1-4-13(7-12)10-19-11-14(9-18)16(23)20-6-2-5-15(21)22/h1,3-4,7,11,19H,2,5-6,8,10,17H2,(H,20,23)(H,21,22)/b14-11-. The van der Waals surface area contributed by atoms with Gasteiger partial charge in [-0.15, -0.1) is 0 Å². The first-order valence-electron chi connectivity index (χ1n) is 7.18. The molecule has 0 saturated heterocycles. The lowest BCUT2D eigenvalue weighted by Gasteiger charge is -2.06. The zero-order valence-corrected chi connectivity index (χ0v) is 12.7. The summed E-state index contributed by atoms with van der Waals surface area (Å²) < 4.78 is 0. The van der Waals surface area contributed by atoms with Gasteiger partial charge >= 0.3 is 5.97 Å². The van der Waals surface area contributed by atoms with Gasteiger partial charge in [-0.3, -0.25) is 9.59 Å². The fourth-order valence-electron chi connectivity index (χ4n) is 1.82. The average Bonchev–Trinajstić information content (AvgIpc) is 2.55. The Labute approximate surface area is 134 Å². The quantitative estimate of drug-likeness (QED) is 0.300. The largest absolute Gasteiger partial charge is 0.481 e. The van der Waals surface area contributed by atoms with Gasteiger partial charge < -0.3 is 21.5 Å². The minimum Gasteiger partial charge on any atom is -0.481 e. The first kappa shape index (κ1) is 18.2. The minimum absolute atomic E-state index is 0.0262. The van der Waals surface area contributed by atoms with Crippen molar-refractivity contribution in [3.8, 4) is 6.07 Å². The van der Waals surface area contributed by atoms with E-state index in [9.17, 15) is 9.59 Å². The first-order valence-corrected chi connectivity index (χ1v) is 7.18. The molecule has 0 spiro atoms. The topological polar surface area (TPSA) is 128 Å². The van der Waals surface area contributed by atoms with Gasteiger partial charge in [0.2, 0.25) is 0 Å². The molecule has 0 radical (unpaired) electrons. The highest BCUT2D eigenvalue weighted by atomic mass is 16.4. The Morgan fingerprint density at radius 2 is 2.09 bits per heavy atom. The van der Waals surface area contributed by atoms with E-state index < -0.39 is 11.9 Å². The number of carboxylic acid groups (broad SMARTS) is 1. The van der Waals surface area contributed by atoms with E-state index >= 15 is 0 Å². The summed E-state index contributed by atoms with van der Waals surface area (Å²) in [5.41, 5.74) is 7.50. The van der Waals surface area contributed by atoms with E-state index in [1.807, 2.05) is 30.3 Å². The van der Waals surface area contributed by atoms with Crippen LogP contribution in [0.2, 0.25) is 0 Å². The van der Waals surface area contributed by atoms with Gasteiger partial charge in [0.25, 0.3) is 5.91 Å². The fraction of sp³-hybridized carbons (Fsp3) is 0.312. The molecule has 5 N–H and O–H groups in total. The average molecular weight is 316 g/mol. The zero-order chi connectivity index (χ0) is 17.1. The number of nitrogens with one attached hydrogen (secondary N) is 2. The molecule has 0 aliphatic rings. The van der Waals surface area contributed by atoms with E-state index in [0.29, 0.717) is 19.5 Å². The fourth-order valence-corrected chi connectivity index (χ4v) is 1.82. The Balaban J connectivity index is 2.46. The summed E-state index contributed by atoms with van der Waals surface area (Å²) in [6, 6.07) is 9.48. The van der Waals surface area contributed by atoms with E-state index in [1.165, 1.54) is 6.20 Å². The summed E-state index contributed by atoms with van der Waals surface area (Å²) in [6.45, 7) is 1.12. The van der Waals surface area contributed by atoms with Gasteiger partial charge in [0, 0.05) is 32.3 Å². The highest BCUT2D eigenvalue weighted by Crippen LogP contribution is 2.04. The number of hydrogen-bond donors (Lipinski definition) is 4. The maximum atomic E-state index is 11.8. The molecule has 122 valence electrons. The molecule has 0 fully saturated rings. The van der Waals surface area contributed by atoms with Crippen molar-refractivity contribution in [2.75, 3.05) is 6.54 Å². The highest BCUT2D eigenvalue weighted by Gasteiger charge is 2.08. The number of rotatable bonds is 9. The predicted molar refractivity (Wildman–Crippen MR) is 84.7 cm³/mol. The number of amides is 1. The molecule has 0 heterocycles. The Kier molecular flexibility index (Phi) is 7.89. The number of carboxylic acids is 1. The number of nitrogens with zero attached hydrogens (tertiary/aromatic N) is 1. The van der Waals surface area contributed by atoms with Crippen LogP contribution in [0.4, 0.5) is 0 Å². The molecule has 0 aliphatic heterocycles. The second kappa shape index (κ2) is 9.97. The molecule has 0 saturated carbocycles.